The highest BCUT2D eigenvalue weighted by atomic mass is 32.1. The average Bonchev–Trinajstić information content (AvgIpc) is 2.19. The predicted molar refractivity (Wildman–Crippen MR) is 39.4 cm³/mol. The van der Waals surface area contributed by atoms with E-state index in [1.807, 2.05) is 0 Å². The van der Waals surface area contributed by atoms with Gasteiger partial charge in [-0.25, -0.2) is 0 Å². The predicted octanol–water partition coefficient (Wildman–Crippen LogP) is 0.916. The number of hydrogen-bond donors (Lipinski definition) is 2. The molecule has 8 heavy (non-hydrogen) atoms. The zero-order valence-electron chi connectivity index (χ0n) is 5.06. The van der Waals surface area contributed by atoms with E-state index in [4.69, 9.17) is 0 Å². The van der Waals surface area contributed by atoms with E-state index in [9.17, 15) is 0 Å². The Labute approximate surface area is 56.3 Å². The van der Waals surface area contributed by atoms with Crippen molar-refractivity contribution in [1.29, 1.82) is 0 Å². The van der Waals surface area contributed by atoms with E-state index in [-0.39, 0.29) is 0 Å². The molecule has 1 N–H and O–H groups in total. The van der Waals surface area contributed by atoms with Crippen molar-refractivity contribution in [3.05, 3.63) is 0 Å². The van der Waals surface area contributed by atoms with Gasteiger partial charge in [0.25, 0.3) is 0 Å². The van der Waals surface area contributed by atoms with Gasteiger partial charge in [0, 0.05) is 0 Å². The van der Waals surface area contributed by atoms with Crippen molar-refractivity contribution in [1.82, 2.24) is 5.32 Å². The summed E-state index contributed by atoms with van der Waals surface area (Å²) in [5, 5.41) is 3.32. The topological polar surface area (TPSA) is 12.0 Å². The van der Waals surface area contributed by atoms with Crippen LogP contribution in [-0.4, -0.2) is 18.8 Å². The van der Waals surface area contributed by atoms with Gasteiger partial charge < -0.3 is 5.32 Å². The van der Waals surface area contributed by atoms with Crippen LogP contribution in [0.15, 0.2) is 0 Å². The van der Waals surface area contributed by atoms with Crippen molar-refractivity contribution >= 4 is 12.6 Å². The van der Waals surface area contributed by atoms with Gasteiger partial charge in [-0.2, -0.15) is 12.6 Å². The molecule has 0 aliphatic carbocycles. The first-order valence-electron chi connectivity index (χ1n) is 3.25. The van der Waals surface area contributed by atoms with E-state index in [1.165, 1.54) is 25.9 Å². The standard InChI is InChI=1S/C6H13NS/c8-4-2-6-1-3-7-5-6/h6-8H,1-5H2. The van der Waals surface area contributed by atoms with Crippen LogP contribution in [0.4, 0.5) is 0 Å². The number of rotatable bonds is 2. The fourth-order valence-electron chi connectivity index (χ4n) is 1.14. The van der Waals surface area contributed by atoms with Crippen LogP contribution < -0.4 is 5.32 Å². The molecule has 1 fully saturated rings. The lowest BCUT2D eigenvalue weighted by molar-refractivity contribution is 0.568. The Balaban J connectivity index is 2.06. The molecule has 0 spiro atoms. The maximum atomic E-state index is 4.17. The summed E-state index contributed by atoms with van der Waals surface area (Å²) in [5.41, 5.74) is 0. The Morgan fingerprint density at radius 2 is 2.50 bits per heavy atom. The van der Waals surface area contributed by atoms with Crippen molar-refractivity contribution < 1.29 is 0 Å². The van der Waals surface area contributed by atoms with Crippen LogP contribution in [0.2, 0.25) is 0 Å². The third-order valence-corrected chi connectivity index (χ3v) is 1.96. The molecule has 0 aromatic carbocycles. The summed E-state index contributed by atoms with van der Waals surface area (Å²) in [4.78, 5) is 0. The van der Waals surface area contributed by atoms with Crippen LogP contribution >= 0.6 is 12.6 Å². The second kappa shape index (κ2) is 3.36. The maximum Gasteiger partial charge on any atom is -0.00197 e. The molecule has 1 aliphatic rings. The molecule has 1 heterocycles. The van der Waals surface area contributed by atoms with Crippen LogP contribution in [0.5, 0.6) is 0 Å². The molecule has 1 unspecified atom stereocenters. The van der Waals surface area contributed by atoms with Crippen molar-refractivity contribution in [2.45, 2.75) is 12.8 Å². The minimum absolute atomic E-state index is 0.924. The van der Waals surface area contributed by atoms with Gasteiger partial charge in [0.15, 0.2) is 0 Å². The molecule has 0 saturated carbocycles. The first-order chi connectivity index (χ1) is 3.93. The first-order valence-corrected chi connectivity index (χ1v) is 3.88. The number of thiol groups is 1. The second-order valence-electron chi connectivity index (χ2n) is 2.37. The maximum absolute atomic E-state index is 4.17. The molecule has 0 aromatic rings. The molecule has 1 atom stereocenters. The highest BCUT2D eigenvalue weighted by Crippen LogP contribution is 2.11. The van der Waals surface area contributed by atoms with Gasteiger partial charge in [-0.05, 0) is 37.6 Å². The monoisotopic (exact) mass is 131 g/mol. The van der Waals surface area contributed by atoms with Crippen LogP contribution in [0, 0.1) is 5.92 Å². The molecular formula is C6H13NS. The molecular weight excluding hydrogens is 118 g/mol. The normalized spacial score (nSPS) is 28.9. The molecule has 0 amide bonds. The van der Waals surface area contributed by atoms with Crippen LogP contribution in [0.3, 0.4) is 0 Å². The third kappa shape index (κ3) is 1.67. The molecule has 48 valence electrons. The number of hydrogen-bond acceptors (Lipinski definition) is 2. The van der Waals surface area contributed by atoms with Gasteiger partial charge in [-0.15, -0.1) is 0 Å². The zero-order chi connectivity index (χ0) is 5.82. The van der Waals surface area contributed by atoms with Crippen LogP contribution in [0.1, 0.15) is 12.8 Å². The van der Waals surface area contributed by atoms with E-state index < -0.39 is 0 Å². The largest absolute Gasteiger partial charge is 0.316 e. The Hall–Kier alpha value is 0.310. The second-order valence-corrected chi connectivity index (χ2v) is 2.82. The van der Waals surface area contributed by atoms with Gasteiger partial charge in [0.2, 0.25) is 0 Å². The summed E-state index contributed by atoms with van der Waals surface area (Å²) in [6.07, 6.45) is 2.65. The van der Waals surface area contributed by atoms with Crippen molar-refractivity contribution in [2.24, 2.45) is 5.92 Å². The van der Waals surface area contributed by atoms with Gasteiger partial charge >= 0.3 is 0 Å². The van der Waals surface area contributed by atoms with E-state index in [0.717, 1.165) is 11.7 Å². The molecule has 2 heteroatoms. The van der Waals surface area contributed by atoms with E-state index in [0.29, 0.717) is 0 Å². The lowest BCUT2D eigenvalue weighted by Gasteiger charge is -2.02. The Bertz CT molecular complexity index is 59.5. The van der Waals surface area contributed by atoms with Gasteiger partial charge in [0.1, 0.15) is 0 Å². The molecule has 0 aromatic heterocycles. The van der Waals surface area contributed by atoms with E-state index in [1.54, 1.807) is 0 Å². The van der Waals surface area contributed by atoms with Gasteiger partial charge in [-0.3, -0.25) is 0 Å². The third-order valence-electron chi connectivity index (χ3n) is 1.70. The highest BCUT2D eigenvalue weighted by Gasteiger charge is 2.11. The van der Waals surface area contributed by atoms with Crippen LogP contribution in [-0.2, 0) is 0 Å². The molecule has 1 aliphatic heterocycles. The fraction of sp³-hybridized carbons (Fsp3) is 1.00. The Kier molecular flexibility index (Phi) is 2.70. The first kappa shape index (κ1) is 6.43. The Morgan fingerprint density at radius 1 is 1.62 bits per heavy atom. The smallest absolute Gasteiger partial charge is 0.00197 e. The van der Waals surface area contributed by atoms with Gasteiger partial charge in [0.05, 0.1) is 0 Å². The summed E-state index contributed by atoms with van der Waals surface area (Å²) in [7, 11) is 0. The highest BCUT2D eigenvalue weighted by molar-refractivity contribution is 7.80. The molecule has 0 bridgehead atoms. The lowest BCUT2D eigenvalue weighted by Crippen LogP contribution is -2.08. The minimum Gasteiger partial charge on any atom is -0.316 e. The molecule has 1 nitrogen and oxygen atoms in total. The van der Waals surface area contributed by atoms with Crippen molar-refractivity contribution in [3.63, 3.8) is 0 Å². The summed E-state index contributed by atoms with van der Waals surface area (Å²) in [6.45, 7) is 2.44. The molecule has 0 radical (unpaired) electrons. The van der Waals surface area contributed by atoms with E-state index >= 15 is 0 Å². The minimum atomic E-state index is 0.924. The molecule has 1 rings (SSSR count). The zero-order valence-corrected chi connectivity index (χ0v) is 5.95. The number of nitrogens with one attached hydrogen (secondary N) is 1. The van der Waals surface area contributed by atoms with E-state index in [2.05, 4.69) is 17.9 Å². The van der Waals surface area contributed by atoms with Crippen molar-refractivity contribution in [3.8, 4) is 0 Å². The van der Waals surface area contributed by atoms with Gasteiger partial charge in [-0.1, -0.05) is 0 Å². The summed E-state index contributed by atoms with van der Waals surface area (Å²) >= 11 is 4.17. The van der Waals surface area contributed by atoms with Crippen molar-refractivity contribution in [2.75, 3.05) is 18.8 Å². The Morgan fingerprint density at radius 3 is 3.00 bits per heavy atom. The average molecular weight is 131 g/mol. The fourth-order valence-corrected chi connectivity index (χ4v) is 1.51. The molecule has 1 saturated heterocycles. The lowest BCUT2D eigenvalue weighted by atomic mass is 10.1. The SMILES string of the molecule is SCCC1CCNC1. The van der Waals surface area contributed by atoms with Crippen LogP contribution in [0.25, 0.3) is 0 Å². The summed E-state index contributed by atoms with van der Waals surface area (Å²) < 4.78 is 0. The quantitative estimate of drug-likeness (QED) is 0.531. The summed E-state index contributed by atoms with van der Waals surface area (Å²) in [6, 6.07) is 0. The summed E-state index contributed by atoms with van der Waals surface area (Å²) in [5.74, 6) is 1.97.